The number of hydrogen-bond acceptors (Lipinski definition) is 4. The molecule has 1 aromatic heterocycles. The molecule has 46 heavy (non-hydrogen) atoms. The van der Waals surface area contributed by atoms with Crippen molar-refractivity contribution in [1.29, 1.82) is 0 Å². The molecule has 3 aromatic carbocycles. The number of halogens is 6. The molecule has 12 heteroatoms. The number of carbonyl (C=O) groups is 1. The first kappa shape index (κ1) is 33.3. The monoisotopic (exact) mass is 703 g/mol. The van der Waals surface area contributed by atoms with Crippen LogP contribution in [0.3, 0.4) is 0 Å². The summed E-state index contributed by atoms with van der Waals surface area (Å²) in [5.41, 5.74) is 0.107. The van der Waals surface area contributed by atoms with Crippen molar-refractivity contribution in [2.45, 2.75) is 45.2 Å². The second-order valence-electron chi connectivity index (χ2n) is 11.5. The molecule has 0 radical (unpaired) electrons. The maximum atomic E-state index is 15.3. The third kappa shape index (κ3) is 7.18. The Kier molecular flexibility index (Phi) is 9.69. The molecule has 1 amide bonds. The average molecular weight is 705 g/mol. The topological polar surface area (TPSA) is 74.6 Å². The fraction of sp³-hybridized carbons (Fsp3) is 0.294. The molecule has 1 aliphatic rings. The maximum absolute atomic E-state index is 15.3. The van der Waals surface area contributed by atoms with Gasteiger partial charge in [0.25, 0.3) is 5.56 Å². The van der Waals surface area contributed by atoms with Gasteiger partial charge in [-0.3, -0.25) is 19.1 Å². The van der Waals surface area contributed by atoms with Crippen molar-refractivity contribution < 1.29 is 31.9 Å². The number of rotatable bonds is 9. The van der Waals surface area contributed by atoms with Crippen molar-refractivity contribution >= 4 is 21.8 Å². The highest BCUT2D eigenvalue weighted by atomic mass is 79.9. The van der Waals surface area contributed by atoms with Gasteiger partial charge in [0, 0.05) is 54.0 Å². The Balaban J connectivity index is 1.51. The number of aromatic hydroxyl groups is 1. The van der Waals surface area contributed by atoms with Gasteiger partial charge in [-0.2, -0.15) is 13.2 Å². The van der Waals surface area contributed by atoms with Gasteiger partial charge < -0.3 is 10.4 Å². The molecule has 1 fully saturated rings. The minimum absolute atomic E-state index is 0.00631. The molecule has 0 aliphatic carbocycles. The number of aryl methyl sites for hydroxylation is 2. The van der Waals surface area contributed by atoms with E-state index in [9.17, 15) is 32.3 Å². The molecule has 0 spiro atoms. The number of alkyl halides is 4. The van der Waals surface area contributed by atoms with E-state index in [1.165, 1.54) is 12.1 Å². The first-order chi connectivity index (χ1) is 21.7. The molecular formula is C34H31BrF5N3O3. The number of hydrogen-bond donors (Lipinski definition) is 2. The van der Waals surface area contributed by atoms with E-state index in [2.05, 4.69) is 21.2 Å². The molecule has 2 heterocycles. The Morgan fingerprint density at radius 2 is 1.76 bits per heavy atom. The van der Waals surface area contributed by atoms with E-state index < -0.39 is 41.2 Å². The number of likely N-dealkylation sites (tertiary alicyclic amines) is 1. The molecule has 1 aliphatic heterocycles. The number of benzene rings is 3. The molecule has 1 atom stereocenters. The Labute approximate surface area is 270 Å². The van der Waals surface area contributed by atoms with Gasteiger partial charge in [0.05, 0.1) is 5.56 Å². The van der Waals surface area contributed by atoms with Gasteiger partial charge in [-0.25, -0.2) is 8.78 Å². The lowest BCUT2D eigenvalue weighted by Gasteiger charge is -2.34. The quantitative estimate of drug-likeness (QED) is 0.187. The van der Waals surface area contributed by atoms with Gasteiger partial charge in [0.15, 0.2) is 0 Å². The van der Waals surface area contributed by atoms with Crippen LogP contribution in [0.4, 0.5) is 22.0 Å². The summed E-state index contributed by atoms with van der Waals surface area (Å²) in [7, 11) is 0. The predicted octanol–water partition coefficient (Wildman–Crippen LogP) is 6.86. The van der Waals surface area contributed by atoms with E-state index in [4.69, 9.17) is 0 Å². The fourth-order valence-electron chi connectivity index (χ4n) is 5.76. The molecule has 1 saturated heterocycles. The third-order valence-corrected chi connectivity index (χ3v) is 8.59. The van der Waals surface area contributed by atoms with Crippen molar-refractivity contribution in [3.05, 3.63) is 121 Å². The number of amides is 1. The van der Waals surface area contributed by atoms with E-state index in [-0.39, 0.29) is 55.0 Å². The summed E-state index contributed by atoms with van der Waals surface area (Å²) in [6.07, 6.45) is -4.95. The second-order valence-corrected chi connectivity index (χ2v) is 12.4. The Hall–Kier alpha value is -4.03. The van der Waals surface area contributed by atoms with Gasteiger partial charge >= 0.3 is 6.18 Å². The first-order valence-electron chi connectivity index (χ1n) is 14.5. The molecule has 2 N–H and O–H groups in total. The van der Waals surface area contributed by atoms with Crippen molar-refractivity contribution in [2.75, 3.05) is 19.6 Å². The van der Waals surface area contributed by atoms with Crippen LogP contribution in [-0.4, -0.2) is 46.3 Å². The lowest BCUT2D eigenvalue weighted by Crippen LogP contribution is -2.49. The number of phenolic OH excluding ortho intramolecular Hbond substituents is 1. The minimum Gasteiger partial charge on any atom is -0.507 e. The van der Waals surface area contributed by atoms with Crippen LogP contribution >= 0.6 is 15.9 Å². The first-order valence-corrected chi connectivity index (χ1v) is 15.3. The summed E-state index contributed by atoms with van der Waals surface area (Å²) < 4.78 is 72.2. The van der Waals surface area contributed by atoms with Crippen LogP contribution in [0.25, 0.3) is 11.1 Å². The van der Waals surface area contributed by atoms with Crippen LogP contribution in [0.15, 0.2) is 76.1 Å². The minimum atomic E-state index is -4.83. The number of pyridine rings is 1. The molecule has 5 rings (SSSR count). The molecule has 0 saturated carbocycles. The van der Waals surface area contributed by atoms with Gasteiger partial charge in [0.1, 0.15) is 23.8 Å². The van der Waals surface area contributed by atoms with Gasteiger partial charge in [-0.05, 0) is 78.4 Å². The number of phenols is 1. The van der Waals surface area contributed by atoms with Crippen molar-refractivity contribution in [2.24, 2.45) is 0 Å². The molecule has 6 nitrogen and oxygen atoms in total. The number of aromatic nitrogens is 1. The lowest BCUT2D eigenvalue weighted by atomic mass is 9.95. The van der Waals surface area contributed by atoms with E-state index in [0.29, 0.717) is 27.2 Å². The predicted molar refractivity (Wildman–Crippen MR) is 168 cm³/mol. The van der Waals surface area contributed by atoms with Crippen LogP contribution in [0.2, 0.25) is 0 Å². The highest BCUT2D eigenvalue weighted by Gasteiger charge is 2.36. The van der Waals surface area contributed by atoms with E-state index in [1.54, 1.807) is 61.2 Å². The van der Waals surface area contributed by atoms with Crippen LogP contribution in [0.5, 0.6) is 5.75 Å². The Morgan fingerprint density at radius 3 is 2.41 bits per heavy atom. The summed E-state index contributed by atoms with van der Waals surface area (Å²) in [4.78, 5) is 28.8. The molecule has 0 bridgehead atoms. The Morgan fingerprint density at radius 1 is 1.04 bits per heavy atom. The number of carbonyl (C=O) groups excluding carboxylic acids is 1. The largest absolute Gasteiger partial charge is 0.507 e. The van der Waals surface area contributed by atoms with E-state index in [1.807, 2.05) is 0 Å². The normalized spacial score (nSPS) is 14.6. The standard InChI is InChI=1S/C34H31BrF5N3O3/c1-19-5-3-8-28(44)30(19)23-11-20(2)31(37)24(12-23)15-41-33(46)32(21-6-4-7-25(35)13-21)43-16-22(9-10-42-17-26(36)18-42)27(14-29(43)45)34(38,39)40/h3-8,11-14,16,26,32,44H,9-10,15,17-18H2,1-2H3,(H,41,46). The smallest absolute Gasteiger partial charge is 0.416 e. The van der Waals surface area contributed by atoms with Crippen LogP contribution in [0.1, 0.15) is 39.4 Å². The van der Waals surface area contributed by atoms with Crippen molar-refractivity contribution in [1.82, 2.24) is 14.8 Å². The molecule has 1 unspecified atom stereocenters. The zero-order valence-electron chi connectivity index (χ0n) is 25.0. The lowest BCUT2D eigenvalue weighted by molar-refractivity contribution is -0.138. The van der Waals surface area contributed by atoms with Gasteiger partial charge in [0.2, 0.25) is 5.91 Å². The van der Waals surface area contributed by atoms with E-state index >= 15 is 4.39 Å². The summed E-state index contributed by atoms with van der Waals surface area (Å²) in [6.45, 7) is 3.42. The van der Waals surface area contributed by atoms with Gasteiger partial charge in [-0.15, -0.1) is 0 Å². The second kappa shape index (κ2) is 13.4. The SMILES string of the molecule is Cc1cc(-c2c(C)cccc2O)cc(CNC(=O)C(c2cccc(Br)c2)n2cc(CCN3CC(F)C3)c(C(F)(F)F)cc2=O)c1F. The highest BCUT2D eigenvalue weighted by Crippen LogP contribution is 2.35. The zero-order valence-corrected chi connectivity index (χ0v) is 26.6. The van der Waals surface area contributed by atoms with Crippen LogP contribution in [0, 0.1) is 19.7 Å². The summed E-state index contributed by atoms with van der Waals surface area (Å²) >= 11 is 3.34. The van der Waals surface area contributed by atoms with Crippen molar-refractivity contribution in [3.8, 4) is 16.9 Å². The molecule has 4 aromatic rings. The van der Waals surface area contributed by atoms with E-state index in [0.717, 1.165) is 16.3 Å². The highest BCUT2D eigenvalue weighted by molar-refractivity contribution is 9.10. The molecular weight excluding hydrogens is 673 g/mol. The number of nitrogens with zero attached hydrogens (tertiary/aromatic N) is 2. The summed E-state index contributed by atoms with van der Waals surface area (Å²) in [5.74, 6) is -1.33. The fourth-order valence-corrected chi connectivity index (χ4v) is 6.18. The summed E-state index contributed by atoms with van der Waals surface area (Å²) in [6, 6.07) is 13.6. The number of nitrogens with one attached hydrogen (secondary N) is 1. The Bertz CT molecular complexity index is 1820. The summed E-state index contributed by atoms with van der Waals surface area (Å²) in [5, 5.41) is 13.2. The maximum Gasteiger partial charge on any atom is 0.416 e. The van der Waals surface area contributed by atoms with Crippen LogP contribution in [-0.2, 0) is 23.9 Å². The average Bonchev–Trinajstić information content (AvgIpc) is 2.96. The zero-order chi connectivity index (χ0) is 33.3. The third-order valence-electron chi connectivity index (χ3n) is 8.09. The van der Waals surface area contributed by atoms with Crippen molar-refractivity contribution in [3.63, 3.8) is 0 Å². The molecule has 242 valence electrons. The van der Waals surface area contributed by atoms with Gasteiger partial charge in [-0.1, -0.05) is 40.2 Å². The van der Waals surface area contributed by atoms with Crippen LogP contribution < -0.4 is 10.9 Å².